The third-order valence-electron chi connectivity index (χ3n) is 4.13. The number of carbonyl (C=O) groups excluding carboxylic acids is 1. The van der Waals surface area contributed by atoms with E-state index in [1.54, 1.807) is 6.20 Å². The van der Waals surface area contributed by atoms with Crippen molar-refractivity contribution < 1.29 is 9.90 Å². The van der Waals surface area contributed by atoms with Gasteiger partial charge in [0, 0.05) is 25.5 Å². The lowest BCUT2D eigenvalue weighted by atomic mass is 10.1. The van der Waals surface area contributed by atoms with Crippen LogP contribution in [0.3, 0.4) is 0 Å². The molecule has 1 aromatic carbocycles. The van der Waals surface area contributed by atoms with Crippen LogP contribution < -0.4 is 10.6 Å². The second kappa shape index (κ2) is 7.39. The number of aliphatic hydroxyl groups is 1. The van der Waals surface area contributed by atoms with Gasteiger partial charge in [-0.25, -0.2) is 4.98 Å². The number of amides is 1. The van der Waals surface area contributed by atoms with Gasteiger partial charge in [-0.15, -0.1) is 0 Å². The summed E-state index contributed by atoms with van der Waals surface area (Å²) in [6.45, 7) is 1.70. The molecule has 6 nitrogen and oxygen atoms in total. The van der Waals surface area contributed by atoms with Crippen LogP contribution in [0.5, 0.6) is 0 Å². The molecular weight excluding hydrogens is 292 g/mol. The predicted molar refractivity (Wildman–Crippen MR) is 86.6 cm³/mol. The van der Waals surface area contributed by atoms with E-state index in [0.29, 0.717) is 19.5 Å². The van der Waals surface area contributed by atoms with E-state index in [-0.39, 0.29) is 11.9 Å². The molecule has 0 bridgehead atoms. The molecule has 6 heteroatoms. The van der Waals surface area contributed by atoms with Crippen LogP contribution in [0, 0.1) is 0 Å². The Kier molecular flexibility index (Phi) is 5.05. The highest BCUT2D eigenvalue weighted by Crippen LogP contribution is 2.07. The van der Waals surface area contributed by atoms with Gasteiger partial charge in [0.05, 0.1) is 18.7 Å². The third-order valence-corrected chi connectivity index (χ3v) is 4.13. The lowest BCUT2D eigenvalue weighted by Gasteiger charge is -2.12. The zero-order valence-corrected chi connectivity index (χ0v) is 13.0. The average molecular weight is 314 g/mol. The van der Waals surface area contributed by atoms with Gasteiger partial charge in [-0.1, -0.05) is 30.3 Å². The van der Waals surface area contributed by atoms with Crippen LogP contribution in [0.2, 0.25) is 0 Å². The highest BCUT2D eigenvalue weighted by atomic mass is 16.3. The molecule has 1 fully saturated rings. The molecule has 0 radical (unpaired) electrons. The summed E-state index contributed by atoms with van der Waals surface area (Å²) in [6, 6.07) is 9.99. The number of hydrogen-bond acceptors (Lipinski definition) is 4. The first-order valence-electron chi connectivity index (χ1n) is 7.95. The van der Waals surface area contributed by atoms with Crippen LogP contribution in [0.4, 0.5) is 0 Å². The first-order chi connectivity index (χ1) is 11.2. The minimum absolute atomic E-state index is 0.0841. The SMILES string of the molecule is O=C(NCc1nccn1CCc1ccccc1)C1CC(O)CN1. The molecule has 2 heterocycles. The van der Waals surface area contributed by atoms with E-state index in [1.165, 1.54) is 5.56 Å². The van der Waals surface area contributed by atoms with E-state index in [9.17, 15) is 9.90 Å². The maximum Gasteiger partial charge on any atom is 0.237 e. The van der Waals surface area contributed by atoms with Crippen LogP contribution in [0.1, 0.15) is 17.8 Å². The van der Waals surface area contributed by atoms with Gasteiger partial charge >= 0.3 is 0 Å². The number of β-amino-alcohol motifs (C(OH)–C–C–N with tert-alkyl or cyclic N) is 1. The summed E-state index contributed by atoms with van der Waals surface area (Å²) in [5.41, 5.74) is 1.28. The topological polar surface area (TPSA) is 79.2 Å². The maximum absolute atomic E-state index is 12.1. The summed E-state index contributed by atoms with van der Waals surface area (Å²) in [4.78, 5) is 16.4. The van der Waals surface area contributed by atoms with Gasteiger partial charge in [0.2, 0.25) is 5.91 Å². The Morgan fingerprint density at radius 1 is 1.39 bits per heavy atom. The van der Waals surface area contributed by atoms with E-state index in [1.807, 2.05) is 24.4 Å². The van der Waals surface area contributed by atoms with Crippen molar-refractivity contribution in [3.05, 3.63) is 54.1 Å². The zero-order chi connectivity index (χ0) is 16.1. The van der Waals surface area contributed by atoms with Gasteiger partial charge in [0.25, 0.3) is 0 Å². The van der Waals surface area contributed by atoms with E-state index >= 15 is 0 Å². The largest absolute Gasteiger partial charge is 0.392 e. The van der Waals surface area contributed by atoms with E-state index in [0.717, 1.165) is 18.8 Å². The second-order valence-electron chi connectivity index (χ2n) is 5.84. The minimum atomic E-state index is -0.432. The molecule has 1 aliphatic heterocycles. The van der Waals surface area contributed by atoms with Crippen LogP contribution >= 0.6 is 0 Å². The van der Waals surface area contributed by atoms with Crippen molar-refractivity contribution in [3.8, 4) is 0 Å². The fourth-order valence-corrected chi connectivity index (χ4v) is 2.81. The average Bonchev–Trinajstić information content (AvgIpc) is 3.20. The van der Waals surface area contributed by atoms with E-state index in [2.05, 4.69) is 32.3 Å². The van der Waals surface area contributed by atoms with Crippen LogP contribution in [-0.2, 0) is 24.3 Å². The summed E-state index contributed by atoms with van der Waals surface area (Å²) in [5.74, 6) is 0.756. The van der Waals surface area contributed by atoms with Crippen molar-refractivity contribution in [3.63, 3.8) is 0 Å². The molecule has 1 amide bonds. The number of aryl methyl sites for hydroxylation is 2. The van der Waals surface area contributed by atoms with Crippen molar-refractivity contribution in [2.24, 2.45) is 0 Å². The van der Waals surface area contributed by atoms with Gasteiger partial charge in [-0.05, 0) is 18.4 Å². The van der Waals surface area contributed by atoms with Crippen molar-refractivity contribution in [2.75, 3.05) is 6.54 Å². The third kappa shape index (κ3) is 4.18. The smallest absolute Gasteiger partial charge is 0.237 e. The summed E-state index contributed by atoms with van der Waals surface area (Å²) >= 11 is 0. The first-order valence-corrected chi connectivity index (χ1v) is 7.95. The normalized spacial score (nSPS) is 20.6. The molecule has 0 aliphatic carbocycles. The number of carbonyl (C=O) groups is 1. The molecule has 2 unspecified atom stereocenters. The summed E-state index contributed by atoms with van der Waals surface area (Å²) < 4.78 is 2.06. The Bertz CT molecular complexity index is 641. The molecule has 2 atom stereocenters. The second-order valence-corrected chi connectivity index (χ2v) is 5.84. The molecule has 3 N–H and O–H groups in total. The van der Waals surface area contributed by atoms with Gasteiger partial charge in [-0.2, -0.15) is 0 Å². The minimum Gasteiger partial charge on any atom is -0.392 e. The molecule has 0 spiro atoms. The first kappa shape index (κ1) is 15.7. The molecule has 1 saturated heterocycles. The van der Waals surface area contributed by atoms with Crippen molar-refractivity contribution in [1.82, 2.24) is 20.2 Å². The molecule has 3 rings (SSSR count). The number of rotatable bonds is 6. The Morgan fingerprint density at radius 3 is 2.96 bits per heavy atom. The molecule has 1 aromatic heterocycles. The van der Waals surface area contributed by atoms with Crippen LogP contribution in [-0.4, -0.2) is 39.3 Å². The molecule has 23 heavy (non-hydrogen) atoms. The van der Waals surface area contributed by atoms with E-state index < -0.39 is 6.10 Å². The molecule has 2 aromatic rings. The molecule has 1 aliphatic rings. The Labute approximate surface area is 135 Å². The standard InChI is InChI=1S/C17H22N4O2/c22-14-10-15(19-11-14)17(23)20-12-16-18-7-9-21(16)8-6-13-4-2-1-3-5-13/h1-5,7,9,14-15,19,22H,6,8,10-12H2,(H,20,23). The van der Waals surface area contributed by atoms with E-state index in [4.69, 9.17) is 0 Å². The summed E-state index contributed by atoms with van der Waals surface area (Å²) in [7, 11) is 0. The van der Waals surface area contributed by atoms with Crippen LogP contribution in [0.15, 0.2) is 42.7 Å². The van der Waals surface area contributed by atoms with Crippen LogP contribution in [0.25, 0.3) is 0 Å². The van der Waals surface area contributed by atoms with Gasteiger partial charge < -0.3 is 20.3 Å². The number of nitrogens with one attached hydrogen (secondary N) is 2. The number of aliphatic hydroxyl groups excluding tert-OH is 1. The number of hydrogen-bond donors (Lipinski definition) is 3. The van der Waals surface area contributed by atoms with Gasteiger partial charge in [0.1, 0.15) is 5.82 Å². The Hall–Kier alpha value is -2.18. The molecule has 0 saturated carbocycles. The van der Waals surface area contributed by atoms with Crippen molar-refractivity contribution in [2.45, 2.75) is 38.1 Å². The number of nitrogens with zero attached hydrogens (tertiary/aromatic N) is 2. The van der Waals surface area contributed by atoms with Gasteiger partial charge in [-0.3, -0.25) is 4.79 Å². The Morgan fingerprint density at radius 2 is 2.22 bits per heavy atom. The van der Waals surface area contributed by atoms with Gasteiger partial charge in [0.15, 0.2) is 0 Å². The number of benzene rings is 1. The highest BCUT2D eigenvalue weighted by molar-refractivity contribution is 5.82. The monoisotopic (exact) mass is 314 g/mol. The van der Waals surface area contributed by atoms with Crippen molar-refractivity contribution >= 4 is 5.91 Å². The van der Waals surface area contributed by atoms with Crippen molar-refractivity contribution in [1.29, 1.82) is 0 Å². The lowest BCUT2D eigenvalue weighted by molar-refractivity contribution is -0.123. The number of imidazole rings is 1. The highest BCUT2D eigenvalue weighted by Gasteiger charge is 2.27. The quantitative estimate of drug-likeness (QED) is 0.724. The molecule has 122 valence electrons. The predicted octanol–water partition coefficient (Wildman–Crippen LogP) is 0.465. The fraction of sp³-hybridized carbons (Fsp3) is 0.412. The maximum atomic E-state index is 12.1. The Balaban J connectivity index is 1.51. The zero-order valence-electron chi connectivity index (χ0n) is 13.0. The molecular formula is C17H22N4O2. The lowest BCUT2D eigenvalue weighted by Crippen LogP contribution is -2.40. The summed E-state index contributed by atoms with van der Waals surface area (Å²) in [6.07, 6.45) is 4.65. The fourth-order valence-electron chi connectivity index (χ4n) is 2.81. The number of aromatic nitrogens is 2. The summed E-state index contributed by atoms with van der Waals surface area (Å²) in [5, 5.41) is 15.4.